The molecule has 0 amide bonds. The van der Waals surface area contributed by atoms with Crippen LogP contribution in [0.2, 0.25) is 0 Å². The molecule has 3 heteroatoms. The fraction of sp³-hybridized carbons (Fsp3) is 0.455. The van der Waals surface area contributed by atoms with E-state index in [9.17, 15) is 5.11 Å². The number of aliphatic hydroxyl groups is 1. The van der Waals surface area contributed by atoms with Crippen LogP contribution in [0.4, 0.5) is 0 Å². The van der Waals surface area contributed by atoms with Crippen molar-refractivity contribution in [1.29, 1.82) is 0 Å². The highest BCUT2D eigenvalue weighted by atomic mass is 32.2. The smallest absolute Gasteiger partial charge is 0.0831 e. The molecule has 1 rings (SSSR count). The summed E-state index contributed by atoms with van der Waals surface area (Å²) in [5.74, 6) is 1.61. The lowest BCUT2D eigenvalue weighted by Gasteiger charge is -2.20. The van der Waals surface area contributed by atoms with E-state index in [1.807, 2.05) is 18.2 Å². The Morgan fingerprint density at radius 3 is 2.57 bits per heavy atom. The first-order valence-corrected chi connectivity index (χ1v) is 5.84. The summed E-state index contributed by atoms with van der Waals surface area (Å²) in [5.41, 5.74) is 5.97. The number of nitrogens with two attached hydrogens (primary N) is 1. The molecule has 0 saturated carbocycles. The van der Waals surface area contributed by atoms with Crippen LogP contribution in [0.3, 0.4) is 0 Å². The normalized spacial score (nSPS) is 15.1. The van der Waals surface area contributed by atoms with Gasteiger partial charge in [-0.3, -0.25) is 0 Å². The maximum Gasteiger partial charge on any atom is 0.0831 e. The second-order valence-corrected chi connectivity index (χ2v) is 4.67. The topological polar surface area (TPSA) is 46.2 Å². The Morgan fingerprint density at radius 1 is 1.36 bits per heavy atom. The zero-order valence-electron chi connectivity index (χ0n) is 8.44. The van der Waals surface area contributed by atoms with Gasteiger partial charge in [-0.2, -0.15) is 11.8 Å². The highest BCUT2D eigenvalue weighted by Gasteiger charge is 2.17. The van der Waals surface area contributed by atoms with Crippen LogP contribution in [0.5, 0.6) is 0 Å². The maximum atomic E-state index is 9.66. The summed E-state index contributed by atoms with van der Waals surface area (Å²) in [6, 6.07) is 10.2. The van der Waals surface area contributed by atoms with E-state index in [2.05, 4.69) is 12.1 Å². The van der Waals surface area contributed by atoms with Gasteiger partial charge in [-0.1, -0.05) is 30.3 Å². The predicted octanol–water partition coefficient (Wildman–Crippen LogP) is 1.63. The highest BCUT2D eigenvalue weighted by molar-refractivity contribution is 7.98. The van der Waals surface area contributed by atoms with Gasteiger partial charge < -0.3 is 10.8 Å². The first-order chi connectivity index (χ1) is 6.64. The van der Waals surface area contributed by atoms with Gasteiger partial charge in [0, 0.05) is 18.1 Å². The van der Waals surface area contributed by atoms with E-state index in [-0.39, 0.29) is 0 Å². The molecule has 3 N–H and O–H groups in total. The summed E-state index contributed by atoms with van der Waals surface area (Å²) in [6.07, 6.45) is 0. The summed E-state index contributed by atoms with van der Waals surface area (Å²) in [5, 5.41) is 9.66. The molecule has 1 aromatic carbocycles. The van der Waals surface area contributed by atoms with Gasteiger partial charge in [-0.05, 0) is 12.5 Å². The van der Waals surface area contributed by atoms with Gasteiger partial charge in [-0.15, -0.1) is 0 Å². The van der Waals surface area contributed by atoms with Crippen molar-refractivity contribution in [3.63, 3.8) is 0 Å². The average Bonchev–Trinajstić information content (AvgIpc) is 2.19. The predicted molar refractivity (Wildman–Crippen MR) is 62.3 cm³/mol. The van der Waals surface area contributed by atoms with Gasteiger partial charge in [0.1, 0.15) is 0 Å². The third-order valence-corrected chi connectivity index (χ3v) is 3.33. The molecule has 0 bridgehead atoms. The van der Waals surface area contributed by atoms with E-state index in [1.54, 1.807) is 18.7 Å². The molecule has 0 aromatic heterocycles. The molecule has 0 saturated heterocycles. The molecule has 0 spiro atoms. The van der Waals surface area contributed by atoms with E-state index in [0.29, 0.717) is 12.3 Å². The lowest BCUT2D eigenvalue weighted by molar-refractivity contribution is 0.0949. The second-order valence-electron chi connectivity index (χ2n) is 3.68. The monoisotopic (exact) mass is 211 g/mol. The molecule has 1 aromatic rings. The Kier molecular flexibility index (Phi) is 4.45. The van der Waals surface area contributed by atoms with E-state index < -0.39 is 5.60 Å². The maximum absolute atomic E-state index is 9.66. The fourth-order valence-corrected chi connectivity index (χ4v) is 2.11. The SMILES string of the molecule is CC(O)(CN)CSCc1ccccc1. The molecule has 0 aliphatic carbocycles. The molecular formula is C11H17NOS. The van der Waals surface area contributed by atoms with Gasteiger partial charge in [0.25, 0.3) is 0 Å². The van der Waals surface area contributed by atoms with Crippen molar-refractivity contribution in [3.05, 3.63) is 35.9 Å². The quantitative estimate of drug-likeness (QED) is 0.778. The number of benzene rings is 1. The summed E-state index contributed by atoms with van der Waals surface area (Å²) in [4.78, 5) is 0. The third kappa shape index (κ3) is 4.13. The van der Waals surface area contributed by atoms with Crippen LogP contribution in [0.15, 0.2) is 30.3 Å². The number of hydrogen-bond donors (Lipinski definition) is 2. The minimum absolute atomic E-state index is 0.314. The molecule has 0 aliphatic heterocycles. The van der Waals surface area contributed by atoms with Gasteiger partial charge in [0.15, 0.2) is 0 Å². The number of hydrogen-bond acceptors (Lipinski definition) is 3. The molecule has 0 aliphatic rings. The molecular weight excluding hydrogens is 194 g/mol. The largest absolute Gasteiger partial charge is 0.388 e. The van der Waals surface area contributed by atoms with E-state index >= 15 is 0 Å². The standard InChI is InChI=1S/C11H17NOS/c1-11(13,8-12)9-14-7-10-5-3-2-4-6-10/h2-6,13H,7-9,12H2,1H3. The molecule has 1 unspecified atom stereocenters. The van der Waals surface area contributed by atoms with Crippen molar-refractivity contribution in [2.24, 2.45) is 5.73 Å². The summed E-state index contributed by atoms with van der Waals surface area (Å²) >= 11 is 1.71. The minimum Gasteiger partial charge on any atom is -0.388 e. The van der Waals surface area contributed by atoms with Crippen LogP contribution in [-0.2, 0) is 5.75 Å². The van der Waals surface area contributed by atoms with Crippen LogP contribution >= 0.6 is 11.8 Å². The van der Waals surface area contributed by atoms with Gasteiger partial charge in [0.05, 0.1) is 5.60 Å². The molecule has 0 radical (unpaired) electrons. The summed E-state index contributed by atoms with van der Waals surface area (Å²) in [6.45, 7) is 2.08. The lowest BCUT2D eigenvalue weighted by atomic mass is 10.1. The Morgan fingerprint density at radius 2 is 2.00 bits per heavy atom. The zero-order chi connectivity index (χ0) is 10.4. The van der Waals surface area contributed by atoms with Gasteiger partial charge in [-0.25, -0.2) is 0 Å². The van der Waals surface area contributed by atoms with Crippen LogP contribution < -0.4 is 5.73 Å². The Labute approximate surface area is 89.5 Å². The van der Waals surface area contributed by atoms with Crippen LogP contribution in [0.1, 0.15) is 12.5 Å². The van der Waals surface area contributed by atoms with Crippen molar-refractivity contribution < 1.29 is 5.11 Å². The Balaban J connectivity index is 2.29. The minimum atomic E-state index is -0.737. The number of rotatable bonds is 5. The third-order valence-electron chi connectivity index (χ3n) is 1.96. The highest BCUT2D eigenvalue weighted by Crippen LogP contribution is 2.16. The van der Waals surface area contributed by atoms with Gasteiger partial charge >= 0.3 is 0 Å². The van der Waals surface area contributed by atoms with Crippen LogP contribution in [0.25, 0.3) is 0 Å². The molecule has 2 nitrogen and oxygen atoms in total. The van der Waals surface area contributed by atoms with Crippen molar-refractivity contribution in [2.45, 2.75) is 18.3 Å². The lowest BCUT2D eigenvalue weighted by Crippen LogP contribution is -2.36. The van der Waals surface area contributed by atoms with E-state index in [0.717, 1.165) is 5.75 Å². The van der Waals surface area contributed by atoms with Crippen molar-refractivity contribution in [1.82, 2.24) is 0 Å². The zero-order valence-corrected chi connectivity index (χ0v) is 9.26. The fourth-order valence-electron chi connectivity index (χ4n) is 1.02. The number of thioether (sulfide) groups is 1. The van der Waals surface area contributed by atoms with Crippen molar-refractivity contribution in [2.75, 3.05) is 12.3 Å². The van der Waals surface area contributed by atoms with E-state index in [4.69, 9.17) is 5.73 Å². The van der Waals surface area contributed by atoms with E-state index in [1.165, 1.54) is 5.56 Å². The van der Waals surface area contributed by atoms with Crippen molar-refractivity contribution in [3.8, 4) is 0 Å². The van der Waals surface area contributed by atoms with Crippen LogP contribution in [0, 0.1) is 0 Å². The first kappa shape index (κ1) is 11.6. The molecule has 78 valence electrons. The molecule has 1 atom stereocenters. The molecule has 14 heavy (non-hydrogen) atoms. The summed E-state index contributed by atoms with van der Waals surface area (Å²) < 4.78 is 0. The summed E-state index contributed by atoms with van der Waals surface area (Å²) in [7, 11) is 0. The second kappa shape index (κ2) is 5.39. The van der Waals surface area contributed by atoms with Crippen LogP contribution in [-0.4, -0.2) is 23.0 Å². The first-order valence-electron chi connectivity index (χ1n) is 4.68. The van der Waals surface area contributed by atoms with Crippen molar-refractivity contribution >= 4 is 11.8 Å². The Bertz CT molecular complexity index is 261. The molecule has 0 fully saturated rings. The molecule has 0 heterocycles. The Hall–Kier alpha value is -0.510. The van der Waals surface area contributed by atoms with Gasteiger partial charge in [0.2, 0.25) is 0 Å². The average molecular weight is 211 g/mol.